The molecule has 2 aromatic carbocycles. The quantitative estimate of drug-likeness (QED) is 0.381. The molecule has 6 heteroatoms. The van der Waals surface area contributed by atoms with Crippen LogP contribution in [0.4, 0.5) is 5.69 Å². The average molecular weight is 479 g/mol. The summed E-state index contributed by atoms with van der Waals surface area (Å²) in [6.07, 6.45) is 7.57. The van der Waals surface area contributed by atoms with Gasteiger partial charge in [-0.05, 0) is 73.4 Å². The van der Waals surface area contributed by atoms with Crippen LogP contribution in [0.1, 0.15) is 58.4 Å². The number of carbonyl (C=O) groups is 1. The lowest BCUT2D eigenvalue weighted by Gasteiger charge is -2.30. The molecule has 1 heterocycles. The fourth-order valence-corrected chi connectivity index (χ4v) is 5.31. The first kappa shape index (κ1) is 24.4. The van der Waals surface area contributed by atoms with Crippen LogP contribution in [0.3, 0.4) is 0 Å². The maximum Gasteiger partial charge on any atom is 0.267 e. The number of amidine groups is 1. The highest BCUT2D eigenvalue weighted by molar-refractivity contribution is 8.18. The van der Waals surface area contributed by atoms with Crippen LogP contribution in [0.5, 0.6) is 11.5 Å². The van der Waals surface area contributed by atoms with Crippen molar-refractivity contribution in [3.05, 3.63) is 59.0 Å². The van der Waals surface area contributed by atoms with E-state index in [-0.39, 0.29) is 11.9 Å². The van der Waals surface area contributed by atoms with Crippen molar-refractivity contribution in [3.8, 4) is 11.5 Å². The van der Waals surface area contributed by atoms with E-state index in [1.54, 1.807) is 0 Å². The standard InChI is InChI=1S/C28H34N2O3S/c1-4-32-25-17-21(15-16-24(25)33-19-20(2)3)18-26-27(31)30(23-13-9-6-10-14-23)28(34-26)29-22-11-7-5-8-12-22/h5,7-8,11-12,15-18,20,23H,4,6,9-10,13-14,19H2,1-3H3/b26-18-,29-28?. The second-order valence-electron chi connectivity index (χ2n) is 9.15. The SMILES string of the molecule is CCOc1cc(/C=C2\SC(=Nc3ccccc3)N(C3CCCCC3)C2=O)ccc1OCC(C)C. The van der Waals surface area contributed by atoms with Gasteiger partial charge in [0.05, 0.1) is 23.8 Å². The molecule has 1 aliphatic carbocycles. The molecule has 1 amide bonds. The summed E-state index contributed by atoms with van der Waals surface area (Å²) in [6, 6.07) is 16.0. The van der Waals surface area contributed by atoms with E-state index in [1.165, 1.54) is 18.2 Å². The predicted molar refractivity (Wildman–Crippen MR) is 141 cm³/mol. The minimum Gasteiger partial charge on any atom is -0.490 e. The Labute approximate surface area is 207 Å². The molecule has 0 bridgehead atoms. The molecular formula is C28H34N2O3S. The summed E-state index contributed by atoms with van der Waals surface area (Å²) in [5, 5.41) is 0.774. The monoisotopic (exact) mass is 478 g/mol. The molecule has 0 N–H and O–H groups in total. The lowest BCUT2D eigenvalue weighted by Crippen LogP contribution is -2.40. The Balaban J connectivity index is 1.64. The minimum absolute atomic E-state index is 0.0460. The summed E-state index contributed by atoms with van der Waals surface area (Å²) in [6.45, 7) is 7.38. The zero-order valence-electron chi connectivity index (χ0n) is 20.3. The van der Waals surface area contributed by atoms with Gasteiger partial charge in [-0.2, -0.15) is 0 Å². The molecule has 1 saturated heterocycles. The number of carbonyl (C=O) groups excluding carboxylic acids is 1. The number of amides is 1. The zero-order valence-corrected chi connectivity index (χ0v) is 21.1. The molecule has 1 aliphatic heterocycles. The molecule has 4 rings (SSSR count). The van der Waals surface area contributed by atoms with Crippen molar-refractivity contribution >= 4 is 34.6 Å². The summed E-state index contributed by atoms with van der Waals surface area (Å²) in [5.74, 6) is 1.91. The van der Waals surface area contributed by atoms with Crippen LogP contribution in [-0.2, 0) is 4.79 Å². The van der Waals surface area contributed by atoms with Gasteiger partial charge in [-0.1, -0.05) is 57.4 Å². The van der Waals surface area contributed by atoms with Crippen molar-refractivity contribution in [2.75, 3.05) is 13.2 Å². The van der Waals surface area contributed by atoms with E-state index in [0.717, 1.165) is 47.9 Å². The van der Waals surface area contributed by atoms with Gasteiger partial charge in [0.25, 0.3) is 5.91 Å². The fourth-order valence-electron chi connectivity index (χ4n) is 4.25. The maximum atomic E-state index is 13.6. The highest BCUT2D eigenvalue weighted by atomic mass is 32.2. The molecule has 0 unspecified atom stereocenters. The van der Waals surface area contributed by atoms with Crippen LogP contribution in [0, 0.1) is 5.92 Å². The summed E-state index contributed by atoms with van der Waals surface area (Å²) in [7, 11) is 0. The van der Waals surface area contributed by atoms with Gasteiger partial charge in [0.2, 0.25) is 0 Å². The summed E-state index contributed by atoms with van der Waals surface area (Å²) in [5.41, 5.74) is 1.78. The topological polar surface area (TPSA) is 51.1 Å². The Kier molecular flexibility index (Phi) is 8.33. The summed E-state index contributed by atoms with van der Waals surface area (Å²) in [4.78, 5) is 21.1. The Morgan fingerprint density at radius 2 is 1.82 bits per heavy atom. The van der Waals surface area contributed by atoms with Crippen LogP contribution in [-0.4, -0.2) is 35.2 Å². The van der Waals surface area contributed by atoms with Crippen molar-refractivity contribution in [1.82, 2.24) is 4.90 Å². The molecule has 0 atom stereocenters. The Bertz CT molecular complexity index is 1040. The minimum atomic E-state index is 0.0460. The van der Waals surface area contributed by atoms with Crippen LogP contribution >= 0.6 is 11.8 Å². The first-order chi connectivity index (χ1) is 16.5. The van der Waals surface area contributed by atoms with Crippen molar-refractivity contribution < 1.29 is 14.3 Å². The van der Waals surface area contributed by atoms with E-state index in [0.29, 0.717) is 29.8 Å². The smallest absolute Gasteiger partial charge is 0.267 e. The number of para-hydroxylation sites is 1. The van der Waals surface area contributed by atoms with Crippen molar-refractivity contribution in [2.45, 2.75) is 58.9 Å². The van der Waals surface area contributed by atoms with E-state index in [9.17, 15) is 4.79 Å². The number of hydrogen-bond acceptors (Lipinski definition) is 5. The molecule has 5 nitrogen and oxygen atoms in total. The highest BCUT2D eigenvalue weighted by Gasteiger charge is 2.38. The fraction of sp³-hybridized carbons (Fsp3) is 0.429. The third kappa shape index (κ3) is 6.03. The van der Waals surface area contributed by atoms with Gasteiger partial charge in [-0.15, -0.1) is 0 Å². The van der Waals surface area contributed by atoms with Crippen molar-refractivity contribution in [3.63, 3.8) is 0 Å². The van der Waals surface area contributed by atoms with E-state index in [2.05, 4.69) is 13.8 Å². The molecule has 0 spiro atoms. The number of aliphatic imine (C=N–C) groups is 1. The number of nitrogens with zero attached hydrogens (tertiary/aromatic N) is 2. The molecular weight excluding hydrogens is 444 g/mol. The third-order valence-electron chi connectivity index (χ3n) is 5.90. The molecule has 34 heavy (non-hydrogen) atoms. The normalized spacial score (nSPS) is 19.4. The number of ether oxygens (including phenoxy) is 2. The molecule has 0 aromatic heterocycles. The summed E-state index contributed by atoms with van der Waals surface area (Å²) >= 11 is 1.46. The Morgan fingerprint density at radius 1 is 1.06 bits per heavy atom. The van der Waals surface area contributed by atoms with E-state index < -0.39 is 0 Å². The van der Waals surface area contributed by atoms with Gasteiger partial charge < -0.3 is 9.47 Å². The zero-order chi connectivity index (χ0) is 23.9. The summed E-state index contributed by atoms with van der Waals surface area (Å²) < 4.78 is 11.8. The second-order valence-corrected chi connectivity index (χ2v) is 10.2. The Hall–Kier alpha value is -2.73. The predicted octanol–water partition coefficient (Wildman–Crippen LogP) is 7.06. The van der Waals surface area contributed by atoms with Gasteiger partial charge in [-0.25, -0.2) is 4.99 Å². The largest absolute Gasteiger partial charge is 0.490 e. The molecule has 1 saturated carbocycles. The third-order valence-corrected chi connectivity index (χ3v) is 6.88. The molecule has 2 aromatic rings. The number of rotatable bonds is 8. The molecule has 180 valence electrons. The van der Waals surface area contributed by atoms with Gasteiger partial charge in [0.15, 0.2) is 16.7 Å². The van der Waals surface area contributed by atoms with Crippen LogP contribution in [0.15, 0.2) is 58.4 Å². The van der Waals surface area contributed by atoms with Gasteiger partial charge in [0.1, 0.15) is 0 Å². The maximum absolute atomic E-state index is 13.6. The van der Waals surface area contributed by atoms with Crippen molar-refractivity contribution in [1.29, 1.82) is 0 Å². The first-order valence-corrected chi connectivity index (χ1v) is 13.1. The molecule has 2 aliphatic rings. The molecule has 2 fully saturated rings. The van der Waals surface area contributed by atoms with Gasteiger partial charge in [0, 0.05) is 6.04 Å². The molecule has 0 radical (unpaired) electrons. The van der Waals surface area contributed by atoms with E-state index >= 15 is 0 Å². The van der Waals surface area contributed by atoms with Crippen LogP contribution < -0.4 is 9.47 Å². The van der Waals surface area contributed by atoms with Gasteiger partial charge in [-0.3, -0.25) is 9.69 Å². The lowest BCUT2D eigenvalue weighted by molar-refractivity contribution is -0.124. The van der Waals surface area contributed by atoms with Crippen molar-refractivity contribution in [2.24, 2.45) is 10.9 Å². The Morgan fingerprint density at radius 3 is 2.53 bits per heavy atom. The van der Waals surface area contributed by atoms with Crippen LogP contribution in [0.25, 0.3) is 6.08 Å². The number of hydrogen-bond donors (Lipinski definition) is 0. The lowest BCUT2D eigenvalue weighted by atomic mass is 9.94. The number of thioether (sulfide) groups is 1. The highest BCUT2D eigenvalue weighted by Crippen LogP contribution is 2.39. The van der Waals surface area contributed by atoms with E-state index in [1.807, 2.05) is 66.4 Å². The number of benzene rings is 2. The van der Waals surface area contributed by atoms with Gasteiger partial charge >= 0.3 is 0 Å². The second kappa shape index (κ2) is 11.6. The van der Waals surface area contributed by atoms with Crippen LogP contribution in [0.2, 0.25) is 0 Å². The van der Waals surface area contributed by atoms with E-state index in [4.69, 9.17) is 14.5 Å². The first-order valence-electron chi connectivity index (χ1n) is 12.3. The average Bonchev–Trinajstić information content (AvgIpc) is 3.14.